The highest BCUT2D eigenvalue weighted by Crippen LogP contribution is 2.21. The van der Waals surface area contributed by atoms with E-state index in [4.69, 9.17) is 20.0 Å². The summed E-state index contributed by atoms with van der Waals surface area (Å²) in [7, 11) is 0. The molecule has 0 saturated carbocycles. The molecule has 3 rings (SSSR count). The van der Waals surface area contributed by atoms with Gasteiger partial charge in [-0.3, -0.25) is 0 Å². The molecule has 37 heavy (non-hydrogen) atoms. The van der Waals surface area contributed by atoms with Crippen LogP contribution >= 0.6 is 0 Å². The van der Waals surface area contributed by atoms with Crippen molar-refractivity contribution < 1.29 is 38.9 Å². The number of carbonyl (C=O) groups excluding carboxylic acids is 3. The van der Waals surface area contributed by atoms with E-state index in [9.17, 15) is 24.6 Å². The quantitative estimate of drug-likeness (QED) is 0.329. The van der Waals surface area contributed by atoms with Crippen molar-refractivity contribution in [2.75, 3.05) is 6.54 Å². The van der Waals surface area contributed by atoms with Crippen molar-refractivity contribution in [3.63, 3.8) is 0 Å². The van der Waals surface area contributed by atoms with Gasteiger partial charge in [0.25, 0.3) is 0 Å². The number of hydrogen-bond donors (Lipinski definition) is 3. The van der Waals surface area contributed by atoms with Crippen molar-refractivity contribution in [3.05, 3.63) is 83.9 Å². The number of carbonyl (C=O) groups is 3. The van der Waals surface area contributed by atoms with Crippen LogP contribution in [-0.4, -0.2) is 50.6 Å². The molecule has 0 bridgehead atoms. The van der Waals surface area contributed by atoms with Crippen LogP contribution in [0.5, 0.6) is 11.8 Å². The molecular formula is C26H29N3O8. The minimum absolute atomic E-state index is 0.0281. The molecule has 0 fully saturated rings. The first-order valence-corrected chi connectivity index (χ1v) is 11.6. The summed E-state index contributed by atoms with van der Waals surface area (Å²) in [5.74, 6) is -2.22. The molecule has 196 valence electrons. The van der Waals surface area contributed by atoms with Gasteiger partial charge in [-0.1, -0.05) is 60.7 Å². The first kappa shape index (κ1) is 27.1. The molecule has 0 spiro atoms. The molecule has 0 saturated heterocycles. The normalized spacial score (nSPS) is 11.4. The first-order valence-electron chi connectivity index (χ1n) is 11.6. The zero-order valence-electron chi connectivity index (χ0n) is 20.1. The second kappa shape index (κ2) is 13.5. The van der Waals surface area contributed by atoms with Gasteiger partial charge in [0.2, 0.25) is 11.8 Å². The minimum atomic E-state index is -1.50. The first-order chi connectivity index (χ1) is 17.9. The number of nitrogens with two attached hydrogens (primary N) is 1. The number of amides is 2. The molecule has 0 aliphatic heterocycles. The summed E-state index contributed by atoms with van der Waals surface area (Å²) in [5.41, 5.74) is 6.91. The Morgan fingerprint density at radius 3 is 1.73 bits per heavy atom. The van der Waals surface area contributed by atoms with E-state index in [-0.39, 0.29) is 19.6 Å². The van der Waals surface area contributed by atoms with Crippen LogP contribution in [0.2, 0.25) is 0 Å². The SMILES string of the molecule is NCCCC[C@@H](C(=O)On1c(O)ccc1O)N(C(=O)OCc1ccccc1)C(=O)OCc1ccccc1. The van der Waals surface area contributed by atoms with Crippen LogP contribution in [-0.2, 0) is 27.5 Å². The monoisotopic (exact) mass is 511 g/mol. The molecule has 2 amide bonds. The molecular weight excluding hydrogens is 482 g/mol. The lowest BCUT2D eigenvalue weighted by Crippen LogP contribution is -2.51. The van der Waals surface area contributed by atoms with Crippen LogP contribution in [0.15, 0.2) is 72.8 Å². The fourth-order valence-electron chi connectivity index (χ4n) is 3.39. The molecule has 4 N–H and O–H groups in total. The largest absolute Gasteiger partial charge is 0.492 e. The average molecular weight is 512 g/mol. The van der Waals surface area contributed by atoms with Crippen molar-refractivity contribution in [2.24, 2.45) is 5.73 Å². The van der Waals surface area contributed by atoms with E-state index in [0.29, 0.717) is 40.1 Å². The Morgan fingerprint density at radius 2 is 1.27 bits per heavy atom. The zero-order chi connectivity index (χ0) is 26.6. The Labute approximate surface area is 213 Å². The number of rotatable bonds is 11. The Balaban J connectivity index is 1.85. The number of ether oxygens (including phenoxy) is 2. The predicted molar refractivity (Wildman–Crippen MR) is 131 cm³/mol. The number of unbranched alkanes of at least 4 members (excludes halogenated alkanes) is 1. The van der Waals surface area contributed by atoms with Gasteiger partial charge in [0.15, 0.2) is 0 Å². The van der Waals surface area contributed by atoms with Crippen LogP contribution < -0.4 is 10.6 Å². The van der Waals surface area contributed by atoms with E-state index in [0.717, 1.165) is 12.1 Å². The lowest BCUT2D eigenvalue weighted by atomic mass is 10.1. The van der Waals surface area contributed by atoms with Crippen molar-refractivity contribution >= 4 is 18.2 Å². The lowest BCUT2D eigenvalue weighted by Gasteiger charge is -2.27. The number of aromatic hydroxyl groups is 2. The summed E-state index contributed by atoms with van der Waals surface area (Å²) in [6.07, 6.45) is -1.43. The highest BCUT2D eigenvalue weighted by atomic mass is 16.7. The van der Waals surface area contributed by atoms with Crippen molar-refractivity contribution in [1.82, 2.24) is 9.63 Å². The molecule has 1 aromatic heterocycles. The van der Waals surface area contributed by atoms with Gasteiger partial charge in [-0.05, 0) is 36.9 Å². The molecule has 0 unspecified atom stereocenters. The van der Waals surface area contributed by atoms with Gasteiger partial charge in [-0.15, -0.1) is 4.73 Å². The summed E-state index contributed by atoms with van der Waals surface area (Å²) in [6, 6.07) is 18.3. The summed E-state index contributed by atoms with van der Waals surface area (Å²) in [4.78, 5) is 45.1. The van der Waals surface area contributed by atoms with E-state index in [1.807, 2.05) is 0 Å². The van der Waals surface area contributed by atoms with Crippen LogP contribution in [0.4, 0.5) is 9.59 Å². The molecule has 0 aliphatic carbocycles. The highest BCUT2D eigenvalue weighted by molar-refractivity contribution is 5.94. The van der Waals surface area contributed by atoms with Crippen LogP contribution in [0, 0.1) is 0 Å². The Hall–Kier alpha value is -4.51. The average Bonchev–Trinajstić information content (AvgIpc) is 3.23. The molecule has 0 aliphatic rings. The van der Waals surface area contributed by atoms with E-state index < -0.39 is 36.0 Å². The maximum atomic E-state index is 13.2. The minimum Gasteiger partial charge on any atom is -0.492 e. The van der Waals surface area contributed by atoms with Crippen molar-refractivity contribution in [3.8, 4) is 11.8 Å². The smallest absolute Gasteiger partial charge is 0.420 e. The van der Waals surface area contributed by atoms with Gasteiger partial charge in [-0.2, -0.15) is 4.90 Å². The standard InChI is InChI=1S/C26H29N3O8/c27-16-8-7-13-21(24(32)37-29-22(30)14-15-23(29)31)28(25(33)35-17-19-9-3-1-4-10-19)26(34)36-18-20-11-5-2-6-12-20/h1-6,9-12,14-15,21,30-31H,7-8,13,16-18,27H2/t21-/m0/s1. The van der Waals surface area contributed by atoms with Crippen LogP contribution in [0.25, 0.3) is 0 Å². The molecule has 0 radical (unpaired) electrons. The third-order valence-electron chi connectivity index (χ3n) is 5.30. The van der Waals surface area contributed by atoms with Crippen molar-refractivity contribution in [2.45, 2.75) is 38.5 Å². The fraction of sp³-hybridized carbons (Fsp3) is 0.269. The van der Waals surface area contributed by atoms with E-state index in [1.54, 1.807) is 60.7 Å². The predicted octanol–water partition coefficient (Wildman–Crippen LogP) is 3.33. The topological polar surface area (TPSA) is 154 Å². The van der Waals surface area contributed by atoms with Crippen LogP contribution in [0.1, 0.15) is 30.4 Å². The fourth-order valence-corrected chi connectivity index (χ4v) is 3.39. The van der Waals surface area contributed by atoms with Gasteiger partial charge in [-0.25, -0.2) is 14.4 Å². The maximum Gasteiger partial charge on any atom is 0.420 e. The van der Waals surface area contributed by atoms with Gasteiger partial charge < -0.3 is 30.3 Å². The van der Waals surface area contributed by atoms with Gasteiger partial charge >= 0.3 is 18.2 Å². The number of imide groups is 1. The highest BCUT2D eigenvalue weighted by Gasteiger charge is 2.39. The summed E-state index contributed by atoms with van der Waals surface area (Å²) in [6.45, 7) is -0.00435. The van der Waals surface area contributed by atoms with E-state index in [1.165, 1.54) is 0 Å². The van der Waals surface area contributed by atoms with Crippen LogP contribution in [0.3, 0.4) is 0 Å². The van der Waals surface area contributed by atoms with Gasteiger partial charge in [0.05, 0.1) is 0 Å². The zero-order valence-corrected chi connectivity index (χ0v) is 20.1. The number of nitrogens with zero attached hydrogens (tertiary/aromatic N) is 2. The maximum absolute atomic E-state index is 13.2. The van der Waals surface area contributed by atoms with Gasteiger partial charge in [0, 0.05) is 12.1 Å². The number of hydrogen-bond acceptors (Lipinski definition) is 9. The Morgan fingerprint density at radius 1 is 0.784 bits per heavy atom. The second-order valence-corrected chi connectivity index (χ2v) is 8.01. The Bertz CT molecular complexity index is 1090. The van der Waals surface area contributed by atoms with Gasteiger partial charge in [0.1, 0.15) is 19.3 Å². The van der Waals surface area contributed by atoms with E-state index >= 15 is 0 Å². The summed E-state index contributed by atoms with van der Waals surface area (Å²) >= 11 is 0. The summed E-state index contributed by atoms with van der Waals surface area (Å²) in [5, 5.41) is 19.7. The molecule has 2 aromatic carbocycles. The molecule has 11 heteroatoms. The third kappa shape index (κ3) is 7.74. The Kier molecular flexibility index (Phi) is 9.91. The third-order valence-corrected chi connectivity index (χ3v) is 5.30. The summed E-state index contributed by atoms with van der Waals surface area (Å²) < 4.78 is 11.1. The van der Waals surface area contributed by atoms with E-state index in [2.05, 4.69) is 0 Å². The second-order valence-electron chi connectivity index (χ2n) is 8.01. The number of benzene rings is 2. The molecule has 1 heterocycles. The lowest BCUT2D eigenvalue weighted by molar-refractivity contribution is -0.151. The number of aromatic nitrogens is 1. The van der Waals surface area contributed by atoms with Crippen molar-refractivity contribution in [1.29, 1.82) is 0 Å². The molecule has 1 atom stereocenters. The molecule has 3 aromatic rings. The molecule has 11 nitrogen and oxygen atoms in total.